The third-order valence-electron chi connectivity index (χ3n) is 6.80. The monoisotopic (exact) mass is 994 g/mol. The molecule has 0 atom stereocenters. The predicted molar refractivity (Wildman–Crippen MR) is 212 cm³/mol. The molecule has 53 heavy (non-hydrogen) atoms. The summed E-state index contributed by atoms with van der Waals surface area (Å²) in [6.45, 7) is -0.669. The molecule has 0 unspecified atom stereocenters. The van der Waals surface area contributed by atoms with Crippen LogP contribution in [0.15, 0.2) is 60.9 Å². The minimum Gasteiger partial charge on any atom is -0.495 e. The van der Waals surface area contributed by atoms with Gasteiger partial charge < -0.3 is 25.6 Å². The molecule has 0 saturated carbocycles. The van der Waals surface area contributed by atoms with Crippen molar-refractivity contribution in [2.24, 2.45) is 0 Å². The molecule has 4 aromatic heterocycles. The Hall–Kier alpha value is -3.91. The molecule has 0 aliphatic rings. The molecular formula is C33H27F3I2N6O7S2. The molecule has 2 aromatic carbocycles. The Balaban J connectivity index is 0.000000204. The number of aromatic nitrogens is 2. The van der Waals surface area contributed by atoms with Crippen molar-refractivity contribution < 1.29 is 47.4 Å². The number of hydroxylamine groups is 2. The quantitative estimate of drug-likeness (QED) is 0.0399. The summed E-state index contributed by atoms with van der Waals surface area (Å²) in [6.07, 6.45) is 2.58. The predicted octanol–water partition coefficient (Wildman–Crippen LogP) is 7.02. The van der Waals surface area contributed by atoms with Crippen LogP contribution in [0.1, 0.15) is 20.7 Å². The third kappa shape index (κ3) is 10.2. The van der Waals surface area contributed by atoms with Crippen LogP contribution in [0.3, 0.4) is 0 Å². The Labute approximate surface area is 334 Å². The van der Waals surface area contributed by atoms with Gasteiger partial charge in [0.1, 0.15) is 42.9 Å². The van der Waals surface area contributed by atoms with Crippen molar-refractivity contribution >= 4 is 121 Å². The average Bonchev–Trinajstić information content (AvgIpc) is 3.67. The zero-order valence-electron chi connectivity index (χ0n) is 27.1. The van der Waals surface area contributed by atoms with Crippen LogP contribution in [0.25, 0.3) is 20.4 Å². The number of rotatable bonds is 13. The van der Waals surface area contributed by atoms with E-state index in [1.165, 1.54) is 42.8 Å². The lowest BCUT2D eigenvalue weighted by atomic mass is 10.2. The van der Waals surface area contributed by atoms with Gasteiger partial charge in [0.25, 0.3) is 11.8 Å². The SMILES string of the molecule is COc1cnc2sc(Nc3ccc(I)cc3F)c(C(=O)NOCCO)c2c1.O=C(NOCCO)c1c(Nc2ccc(I)cc2F)sc2ncc(F)cc12. The van der Waals surface area contributed by atoms with Gasteiger partial charge in [0.2, 0.25) is 0 Å². The third-order valence-corrected chi connectivity index (χ3v) is 10.2. The standard InChI is InChI=1S/C17H15FIN3O4S.C16H12F2IN3O3S/c1-25-10-7-11-14(15(24)22-26-5-4-23)17(27-16(11)20-8-10)21-13-3-2-9(19)6-12(13)18;17-8-5-10-13(14(24)22-25-4-3-23)16(26-15(10)20-7-8)21-12-2-1-9(19)6-11(12)18/h2-3,6-8,21,23H,4-5H2,1H3,(H,22,24);1-2,5-7,21,23H,3-4H2,(H,22,24). The van der Waals surface area contributed by atoms with Gasteiger partial charge in [-0.3, -0.25) is 19.3 Å². The summed E-state index contributed by atoms with van der Waals surface area (Å²) < 4.78 is 48.6. The summed E-state index contributed by atoms with van der Waals surface area (Å²) in [7, 11) is 1.50. The number of fused-ring (bicyclic) bond motifs is 2. The van der Waals surface area contributed by atoms with E-state index in [2.05, 4.69) is 31.6 Å². The smallest absolute Gasteiger partial charge is 0.278 e. The fraction of sp³-hybridized carbons (Fsp3) is 0.152. The molecule has 0 aliphatic heterocycles. The number of aliphatic hydroxyl groups excluding tert-OH is 2. The number of hydrogen-bond donors (Lipinski definition) is 6. The number of carbonyl (C=O) groups excluding carboxylic acids is 2. The van der Waals surface area contributed by atoms with Gasteiger partial charge in [-0.1, -0.05) is 22.7 Å². The molecule has 2 amide bonds. The van der Waals surface area contributed by atoms with Crippen LogP contribution in [-0.2, 0) is 9.68 Å². The number of pyridine rings is 2. The molecule has 6 aromatic rings. The zero-order chi connectivity index (χ0) is 38.1. The van der Waals surface area contributed by atoms with Crippen molar-refractivity contribution in [2.75, 3.05) is 44.2 Å². The number of nitrogens with one attached hydrogen (secondary N) is 4. The second-order valence-electron chi connectivity index (χ2n) is 10.4. The van der Waals surface area contributed by atoms with Crippen molar-refractivity contribution in [1.29, 1.82) is 0 Å². The van der Waals surface area contributed by atoms with Crippen molar-refractivity contribution in [2.45, 2.75) is 0 Å². The summed E-state index contributed by atoms with van der Waals surface area (Å²) in [4.78, 5) is 44.1. The number of benzene rings is 2. The number of anilines is 4. The Morgan fingerprint density at radius 3 is 1.66 bits per heavy atom. The highest BCUT2D eigenvalue weighted by molar-refractivity contribution is 14.1. The van der Waals surface area contributed by atoms with E-state index < -0.39 is 29.3 Å². The molecule has 0 aliphatic carbocycles. The first-order chi connectivity index (χ1) is 25.5. The molecule has 20 heteroatoms. The number of ether oxygens (including phenoxy) is 1. The van der Waals surface area contributed by atoms with Crippen LogP contribution in [0, 0.1) is 24.6 Å². The fourth-order valence-electron chi connectivity index (χ4n) is 4.51. The number of amides is 2. The Bertz CT molecular complexity index is 2260. The van der Waals surface area contributed by atoms with E-state index in [4.69, 9.17) is 24.6 Å². The number of aliphatic hydroxyl groups is 2. The Kier molecular flexibility index (Phi) is 14.4. The zero-order valence-corrected chi connectivity index (χ0v) is 33.1. The van der Waals surface area contributed by atoms with Crippen LogP contribution in [0.5, 0.6) is 5.75 Å². The average molecular weight is 995 g/mol. The van der Waals surface area contributed by atoms with E-state index >= 15 is 0 Å². The Morgan fingerprint density at radius 1 is 0.736 bits per heavy atom. The molecule has 278 valence electrons. The van der Waals surface area contributed by atoms with E-state index in [-0.39, 0.29) is 54.3 Å². The highest BCUT2D eigenvalue weighted by atomic mass is 127. The maximum Gasteiger partial charge on any atom is 0.278 e. The molecule has 13 nitrogen and oxygen atoms in total. The van der Waals surface area contributed by atoms with Gasteiger partial charge in [-0.2, -0.15) is 0 Å². The van der Waals surface area contributed by atoms with Crippen LogP contribution in [0.2, 0.25) is 0 Å². The summed E-state index contributed by atoms with van der Waals surface area (Å²) in [5, 5.41) is 24.9. The number of nitrogens with zero attached hydrogens (tertiary/aromatic N) is 2. The molecule has 0 saturated heterocycles. The summed E-state index contributed by atoms with van der Waals surface area (Å²) in [5.74, 6) is -2.25. The van der Waals surface area contributed by atoms with Crippen molar-refractivity contribution in [3.05, 3.63) is 96.6 Å². The number of thiophene rings is 2. The number of hydrogen-bond acceptors (Lipinski definition) is 13. The Morgan fingerprint density at radius 2 is 1.21 bits per heavy atom. The van der Waals surface area contributed by atoms with E-state index in [0.717, 1.165) is 24.7 Å². The fourth-order valence-corrected chi connectivity index (χ4v) is 7.49. The molecule has 4 heterocycles. The molecule has 0 fully saturated rings. The maximum atomic E-state index is 14.2. The number of halogens is 5. The van der Waals surface area contributed by atoms with Crippen LogP contribution >= 0.6 is 67.9 Å². The minimum absolute atomic E-state index is 0.0517. The van der Waals surface area contributed by atoms with Crippen molar-refractivity contribution in [1.82, 2.24) is 20.9 Å². The normalized spacial score (nSPS) is 10.9. The topological polar surface area (TPSA) is 176 Å². The summed E-state index contributed by atoms with van der Waals surface area (Å²) >= 11 is 6.30. The van der Waals surface area contributed by atoms with Crippen molar-refractivity contribution in [3.63, 3.8) is 0 Å². The highest BCUT2D eigenvalue weighted by Crippen LogP contribution is 2.39. The van der Waals surface area contributed by atoms with Gasteiger partial charge in [-0.25, -0.2) is 34.1 Å². The lowest BCUT2D eigenvalue weighted by Crippen LogP contribution is -2.25. The van der Waals surface area contributed by atoms with Crippen molar-refractivity contribution in [3.8, 4) is 5.75 Å². The molecule has 6 N–H and O–H groups in total. The second kappa shape index (κ2) is 18.9. The molecule has 6 rings (SSSR count). The maximum absolute atomic E-state index is 14.2. The van der Waals surface area contributed by atoms with Crippen LogP contribution in [0.4, 0.5) is 34.5 Å². The van der Waals surface area contributed by atoms with Gasteiger partial charge >= 0.3 is 0 Å². The minimum atomic E-state index is -0.662. The highest BCUT2D eigenvalue weighted by Gasteiger charge is 2.23. The molecule has 0 radical (unpaired) electrons. The first kappa shape index (κ1) is 40.3. The second-order valence-corrected chi connectivity index (χ2v) is 14.8. The number of methoxy groups -OCH3 is 1. The van der Waals surface area contributed by atoms with Gasteiger partial charge in [0.05, 0.1) is 68.4 Å². The summed E-state index contributed by atoms with van der Waals surface area (Å²) in [6, 6.07) is 12.2. The van der Waals surface area contributed by atoms with E-state index in [1.54, 1.807) is 30.3 Å². The van der Waals surface area contributed by atoms with E-state index in [9.17, 15) is 22.8 Å². The molecular weight excluding hydrogens is 967 g/mol. The van der Waals surface area contributed by atoms with Crippen LogP contribution < -0.4 is 26.3 Å². The van der Waals surface area contributed by atoms with Gasteiger partial charge in [0, 0.05) is 17.9 Å². The molecule has 0 bridgehead atoms. The van der Waals surface area contributed by atoms with E-state index in [1.807, 2.05) is 45.2 Å². The number of carbonyl (C=O) groups is 2. The van der Waals surface area contributed by atoms with Gasteiger partial charge in [-0.05, 0) is 93.7 Å². The van der Waals surface area contributed by atoms with Gasteiger partial charge in [-0.15, -0.1) is 0 Å². The lowest BCUT2D eigenvalue weighted by molar-refractivity contribution is 0.0167. The largest absolute Gasteiger partial charge is 0.495 e. The first-order valence-electron chi connectivity index (χ1n) is 15.1. The molecule has 0 spiro atoms. The van der Waals surface area contributed by atoms with E-state index in [0.29, 0.717) is 30.8 Å². The summed E-state index contributed by atoms with van der Waals surface area (Å²) in [5.41, 5.74) is 5.17. The van der Waals surface area contributed by atoms with Gasteiger partial charge in [0.15, 0.2) is 0 Å². The van der Waals surface area contributed by atoms with Crippen LogP contribution in [-0.4, -0.2) is 65.5 Å². The first-order valence-corrected chi connectivity index (χ1v) is 18.9. The lowest BCUT2D eigenvalue weighted by Gasteiger charge is -2.09.